The monoisotopic (exact) mass is 323 g/mol. The Hall–Kier alpha value is 0.130. The normalized spacial score (nSPS) is 13.2. The Morgan fingerprint density at radius 2 is 2.14 bits per heavy atom. The van der Waals surface area contributed by atoms with Crippen molar-refractivity contribution in [3.63, 3.8) is 0 Å². The van der Waals surface area contributed by atoms with Gasteiger partial charge < -0.3 is 9.88 Å². The fourth-order valence-electron chi connectivity index (χ4n) is 1.05. The summed E-state index contributed by atoms with van der Waals surface area (Å²) in [7, 11) is 2.00. The van der Waals surface area contributed by atoms with Gasteiger partial charge in [-0.1, -0.05) is 6.92 Å². The van der Waals surface area contributed by atoms with Gasteiger partial charge in [0.25, 0.3) is 0 Å². The lowest BCUT2D eigenvalue weighted by atomic mass is 10.2. The first kappa shape index (κ1) is 12.2. The van der Waals surface area contributed by atoms with Crippen LogP contribution in [0.1, 0.15) is 26.1 Å². The first-order valence-electron chi connectivity index (χ1n) is 4.66. The van der Waals surface area contributed by atoms with Crippen molar-refractivity contribution in [2.45, 2.75) is 32.9 Å². The summed E-state index contributed by atoms with van der Waals surface area (Å²) in [4.78, 5) is 4.39. The second-order valence-electron chi connectivity index (χ2n) is 3.36. The molecule has 0 aromatic carbocycles. The van der Waals surface area contributed by atoms with Crippen LogP contribution in [0.15, 0.2) is 9.21 Å². The minimum atomic E-state index is 0.532. The van der Waals surface area contributed by atoms with Crippen LogP contribution < -0.4 is 5.32 Å². The van der Waals surface area contributed by atoms with Gasteiger partial charge in [0, 0.05) is 13.1 Å². The Balaban J connectivity index is 2.63. The molecule has 80 valence electrons. The summed E-state index contributed by atoms with van der Waals surface area (Å²) >= 11 is 6.83. The molecular weight excluding hydrogens is 310 g/mol. The molecule has 1 rings (SSSR count). The van der Waals surface area contributed by atoms with Gasteiger partial charge in [0.1, 0.15) is 15.0 Å². The Morgan fingerprint density at radius 1 is 1.50 bits per heavy atom. The Labute approximate surface area is 102 Å². The number of halogens is 2. The van der Waals surface area contributed by atoms with E-state index in [0.29, 0.717) is 6.04 Å². The third-order valence-electron chi connectivity index (χ3n) is 2.30. The largest absolute Gasteiger partial charge is 0.324 e. The zero-order chi connectivity index (χ0) is 10.7. The van der Waals surface area contributed by atoms with Crippen molar-refractivity contribution in [1.82, 2.24) is 14.9 Å². The van der Waals surface area contributed by atoms with Crippen molar-refractivity contribution >= 4 is 31.9 Å². The van der Waals surface area contributed by atoms with Crippen molar-refractivity contribution in [2.75, 3.05) is 0 Å². The van der Waals surface area contributed by atoms with Gasteiger partial charge in [-0.15, -0.1) is 0 Å². The van der Waals surface area contributed by atoms with Crippen LogP contribution in [-0.2, 0) is 13.6 Å². The molecule has 0 unspecified atom stereocenters. The Morgan fingerprint density at radius 3 is 2.57 bits per heavy atom. The van der Waals surface area contributed by atoms with Gasteiger partial charge >= 0.3 is 0 Å². The van der Waals surface area contributed by atoms with E-state index >= 15 is 0 Å². The van der Waals surface area contributed by atoms with E-state index in [1.807, 2.05) is 11.6 Å². The number of aromatic nitrogens is 2. The van der Waals surface area contributed by atoms with Crippen molar-refractivity contribution in [3.05, 3.63) is 15.0 Å². The number of rotatable bonds is 4. The van der Waals surface area contributed by atoms with E-state index in [4.69, 9.17) is 0 Å². The molecule has 0 bridgehead atoms. The minimum Gasteiger partial charge on any atom is -0.324 e. The lowest BCUT2D eigenvalue weighted by molar-refractivity contribution is 0.515. The summed E-state index contributed by atoms with van der Waals surface area (Å²) in [6, 6.07) is 0.532. The molecule has 0 saturated heterocycles. The molecule has 0 amide bonds. The second kappa shape index (κ2) is 5.28. The maximum absolute atomic E-state index is 4.39. The Kier molecular flexibility index (Phi) is 4.60. The van der Waals surface area contributed by atoms with Crippen LogP contribution in [0.5, 0.6) is 0 Å². The molecule has 14 heavy (non-hydrogen) atoms. The topological polar surface area (TPSA) is 29.9 Å². The molecule has 3 nitrogen and oxygen atoms in total. The van der Waals surface area contributed by atoms with E-state index < -0.39 is 0 Å². The highest BCUT2D eigenvalue weighted by Crippen LogP contribution is 2.22. The summed E-state index contributed by atoms with van der Waals surface area (Å²) in [5.74, 6) is 1.03. The van der Waals surface area contributed by atoms with E-state index in [0.717, 1.165) is 28.0 Å². The predicted octanol–water partition coefficient (Wildman–Crippen LogP) is 2.83. The molecule has 0 saturated carbocycles. The molecule has 0 spiro atoms. The molecule has 0 aliphatic carbocycles. The van der Waals surface area contributed by atoms with Crippen molar-refractivity contribution in [1.29, 1.82) is 0 Å². The zero-order valence-electron chi connectivity index (χ0n) is 8.64. The summed E-state index contributed by atoms with van der Waals surface area (Å²) in [5.41, 5.74) is 0. The molecule has 1 aromatic heterocycles. The van der Waals surface area contributed by atoms with E-state index in [1.165, 1.54) is 0 Å². The first-order chi connectivity index (χ1) is 6.56. The summed E-state index contributed by atoms with van der Waals surface area (Å²) < 4.78 is 3.87. The average molecular weight is 325 g/mol. The van der Waals surface area contributed by atoms with Gasteiger partial charge in [-0.2, -0.15) is 0 Å². The molecule has 0 aliphatic rings. The SMILES string of the molecule is CC[C@@H](C)NCc1nc(Br)c(Br)n1C. The van der Waals surface area contributed by atoms with E-state index in [-0.39, 0.29) is 0 Å². The average Bonchev–Trinajstić information content (AvgIpc) is 2.42. The van der Waals surface area contributed by atoms with Crippen LogP contribution in [0.25, 0.3) is 0 Å². The van der Waals surface area contributed by atoms with Gasteiger partial charge in [0.05, 0.1) is 6.54 Å². The van der Waals surface area contributed by atoms with Gasteiger partial charge in [-0.05, 0) is 45.2 Å². The predicted molar refractivity (Wildman–Crippen MR) is 65.2 cm³/mol. The fourth-order valence-corrected chi connectivity index (χ4v) is 1.82. The van der Waals surface area contributed by atoms with Crippen LogP contribution in [0.3, 0.4) is 0 Å². The number of hydrogen-bond acceptors (Lipinski definition) is 2. The van der Waals surface area contributed by atoms with E-state index in [1.54, 1.807) is 0 Å². The first-order valence-corrected chi connectivity index (χ1v) is 6.24. The van der Waals surface area contributed by atoms with Crippen LogP contribution in [0.4, 0.5) is 0 Å². The van der Waals surface area contributed by atoms with E-state index in [2.05, 4.69) is 56.0 Å². The number of nitrogens with one attached hydrogen (secondary N) is 1. The van der Waals surface area contributed by atoms with Crippen molar-refractivity contribution in [2.24, 2.45) is 7.05 Å². The van der Waals surface area contributed by atoms with Crippen LogP contribution in [0.2, 0.25) is 0 Å². The fraction of sp³-hybridized carbons (Fsp3) is 0.667. The van der Waals surface area contributed by atoms with Crippen molar-refractivity contribution < 1.29 is 0 Å². The maximum Gasteiger partial charge on any atom is 0.139 e. The lowest BCUT2D eigenvalue weighted by Crippen LogP contribution is -2.25. The summed E-state index contributed by atoms with van der Waals surface area (Å²) in [6.07, 6.45) is 1.13. The number of nitrogens with zero attached hydrogens (tertiary/aromatic N) is 2. The van der Waals surface area contributed by atoms with Gasteiger partial charge in [-0.3, -0.25) is 0 Å². The Bertz CT molecular complexity index is 309. The third kappa shape index (κ3) is 2.81. The molecule has 1 N–H and O–H groups in total. The van der Waals surface area contributed by atoms with E-state index in [9.17, 15) is 0 Å². The summed E-state index contributed by atoms with van der Waals surface area (Å²) in [5, 5.41) is 3.40. The second-order valence-corrected chi connectivity index (χ2v) is 4.86. The highest BCUT2D eigenvalue weighted by atomic mass is 79.9. The quantitative estimate of drug-likeness (QED) is 0.923. The maximum atomic E-state index is 4.39. The van der Waals surface area contributed by atoms with Crippen LogP contribution in [0, 0.1) is 0 Å². The molecule has 1 heterocycles. The molecule has 5 heteroatoms. The third-order valence-corrected chi connectivity index (χ3v) is 4.29. The molecule has 1 aromatic rings. The van der Waals surface area contributed by atoms with Gasteiger partial charge in [0.15, 0.2) is 0 Å². The molecule has 0 fully saturated rings. The smallest absolute Gasteiger partial charge is 0.139 e. The highest BCUT2D eigenvalue weighted by Gasteiger charge is 2.10. The van der Waals surface area contributed by atoms with Gasteiger partial charge in [-0.25, -0.2) is 4.98 Å². The molecule has 1 atom stereocenters. The lowest BCUT2D eigenvalue weighted by Gasteiger charge is -2.10. The zero-order valence-corrected chi connectivity index (χ0v) is 11.8. The molecular formula is C9H15Br2N3. The van der Waals surface area contributed by atoms with Crippen LogP contribution >= 0.6 is 31.9 Å². The number of imidazole rings is 1. The van der Waals surface area contributed by atoms with Gasteiger partial charge in [0.2, 0.25) is 0 Å². The van der Waals surface area contributed by atoms with Crippen LogP contribution in [-0.4, -0.2) is 15.6 Å². The van der Waals surface area contributed by atoms with Crippen molar-refractivity contribution in [3.8, 4) is 0 Å². The molecule has 0 radical (unpaired) electrons. The molecule has 0 aliphatic heterocycles. The minimum absolute atomic E-state index is 0.532. The number of hydrogen-bond donors (Lipinski definition) is 1. The standard InChI is InChI=1S/C9H15Br2N3/c1-4-6(2)12-5-7-13-8(10)9(11)14(7)3/h6,12H,4-5H2,1-3H3/t6-/m1/s1. The summed E-state index contributed by atoms with van der Waals surface area (Å²) in [6.45, 7) is 5.14. The highest BCUT2D eigenvalue weighted by molar-refractivity contribution is 9.13.